The van der Waals surface area contributed by atoms with E-state index in [0.29, 0.717) is 15.9 Å². The lowest BCUT2D eigenvalue weighted by Gasteiger charge is -1.99. The van der Waals surface area contributed by atoms with E-state index in [0.717, 1.165) is 26.9 Å². The molecule has 7 heteroatoms. The van der Waals surface area contributed by atoms with E-state index < -0.39 is 5.56 Å². The molecule has 128 valence electrons. The van der Waals surface area contributed by atoms with Crippen LogP contribution in [0.1, 0.15) is 16.8 Å². The summed E-state index contributed by atoms with van der Waals surface area (Å²) < 4.78 is 2.67. The fraction of sp³-hybridized carbons (Fsp3) is 0.0526. The number of nitrogens with zero attached hydrogens (tertiary/aromatic N) is 3. The lowest BCUT2D eigenvalue weighted by atomic mass is 10.1. The predicted molar refractivity (Wildman–Crippen MR) is 106 cm³/mol. The molecule has 0 atom stereocenters. The standard InChI is InChI=1S/C19H12BrN3O2S/c20-14-8-6-13(7-9-14)11-16-18(25)23-19(26-16)21-17(24)15(22-23)10-12-4-2-1-3-5-12/h1-9,11H,10H2. The summed E-state index contributed by atoms with van der Waals surface area (Å²) in [4.78, 5) is 29.3. The quantitative estimate of drug-likeness (QED) is 0.505. The van der Waals surface area contributed by atoms with E-state index in [2.05, 4.69) is 26.0 Å². The van der Waals surface area contributed by atoms with Gasteiger partial charge in [0.15, 0.2) is 0 Å². The Morgan fingerprint density at radius 2 is 1.77 bits per heavy atom. The third-order valence-corrected chi connectivity index (χ3v) is 5.32. The van der Waals surface area contributed by atoms with Gasteiger partial charge in [-0.2, -0.15) is 14.6 Å². The van der Waals surface area contributed by atoms with E-state index in [1.54, 1.807) is 6.08 Å². The molecule has 26 heavy (non-hydrogen) atoms. The molecule has 2 aromatic heterocycles. The van der Waals surface area contributed by atoms with Crippen molar-refractivity contribution in [1.29, 1.82) is 0 Å². The SMILES string of the molecule is O=c1nc2sc(=Cc3ccc(Br)cc3)c(=O)n2nc1Cc1ccccc1. The summed E-state index contributed by atoms with van der Waals surface area (Å²) in [5, 5.41) is 4.26. The van der Waals surface area contributed by atoms with Crippen LogP contribution in [0, 0.1) is 0 Å². The Bertz CT molecular complexity index is 1250. The van der Waals surface area contributed by atoms with Crippen molar-refractivity contribution in [2.75, 3.05) is 0 Å². The van der Waals surface area contributed by atoms with Crippen molar-refractivity contribution in [2.45, 2.75) is 6.42 Å². The fourth-order valence-corrected chi connectivity index (χ4v) is 3.72. The summed E-state index contributed by atoms with van der Waals surface area (Å²) in [5.41, 5.74) is 1.44. The summed E-state index contributed by atoms with van der Waals surface area (Å²) in [7, 11) is 0. The second-order valence-electron chi connectivity index (χ2n) is 5.69. The van der Waals surface area contributed by atoms with E-state index in [-0.39, 0.29) is 11.3 Å². The Balaban J connectivity index is 1.81. The van der Waals surface area contributed by atoms with Crippen molar-refractivity contribution in [1.82, 2.24) is 14.6 Å². The Morgan fingerprint density at radius 1 is 1.04 bits per heavy atom. The number of halogens is 1. The molecule has 0 unspecified atom stereocenters. The maximum Gasteiger partial charge on any atom is 0.296 e. The smallest absolute Gasteiger partial charge is 0.266 e. The van der Waals surface area contributed by atoms with E-state index in [4.69, 9.17) is 0 Å². The van der Waals surface area contributed by atoms with Crippen LogP contribution in [0.25, 0.3) is 11.0 Å². The van der Waals surface area contributed by atoms with Crippen molar-refractivity contribution in [3.05, 3.63) is 101 Å². The molecule has 0 aliphatic carbocycles. The predicted octanol–water partition coefficient (Wildman–Crippen LogP) is 2.41. The molecule has 0 aliphatic heterocycles. The van der Waals surface area contributed by atoms with E-state index in [1.165, 1.54) is 4.52 Å². The van der Waals surface area contributed by atoms with Gasteiger partial charge >= 0.3 is 0 Å². The zero-order valence-corrected chi connectivity index (χ0v) is 15.8. The van der Waals surface area contributed by atoms with E-state index in [1.807, 2.05) is 54.6 Å². The number of benzene rings is 2. The monoisotopic (exact) mass is 425 g/mol. The zero-order valence-electron chi connectivity index (χ0n) is 13.4. The largest absolute Gasteiger partial charge is 0.296 e. The van der Waals surface area contributed by atoms with Crippen LogP contribution in [0.5, 0.6) is 0 Å². The van der Waals surface area contributed by atoms with Gasteiger partial charge in [-0.15, -0.1) is 0 Å². The van der Waals surface area contributed by atoms with Crippen LogP contribution in [-0.4, -0.2) is 14.6 Å². The first kappa shape index (κ1) is 16.8. The van der Waals surface area contributed by atoms with Crippen LogP contribution in [-0.2, 0) is 6.42 Å². The number of hydrogen-bond donors (Lipinski definition) is 0. The molecule has 4 rings (SSSR count). The summed E-state index contributed by atoms with van der Waals surface area (Å²) in [6, 6.07) is 17.1. The molecule has 2 aromatic carbocycles. The minimum Gasteiger partial charge on any atom is -0.266 e. The van der Waals surface area contributed by atoms with Crippen molar-refractivity contribution >= 4 is 38.3 Å². The summed E-state index contributed by atoms with van der Waals surface area (Å²) in [5.74, 6) is 0. The van der Waals surface area contributed by atoms with Crippen molar-refractivity contribution in [3.63, 3.8) is 0 Å². The average molecular weight is 426 g/mol. The maximum absolute atomic E-state index is 12.6. The first-order valence-corrected chi connectivity index (χ1v) is 9.45. The van der Waals surface area contributed by atoms with Gasteiger partial charge in [-0.05, 0) is 29.3 Å². The van der Waals surface area contributed by atoms with Crippen molar-refractivity contribution in [3.8, 4) is 0 Å². The highest BCUT2D eigenvalue weighted by Gasteiger charge is 2.11. The first-order valence-electron chi connectivity index (χ1n) is 7.84. The normalized spacial score (nSPS) is 12.0. The third-order valence-electron chi connectivity index (χ3n) is 3.83. The van der Waals surface area contributed by atoms with Gasteiger partial charge in [0.05, 0.1) is 4.53 Å². The summed E-state index contributed by atoms with van der Waals surface area (Å²) in [6.45, 7) is 0. The van der Waals surface area contributed by atoms with Crippen LogP contribution in [0.3, 0.4) is 0 Å². The molecule has 0 radical (unpaired) electrons. The molecule has 5 nitrogen and oxygen atoms in total. The number of aromatic nitrogens is 3. The Hall–Kier alpha value is -2.64. The first-order chi connectivity index (χ1) is 12.6. The van der Waals surface area contributed by atoms with Crippen molar-refractivity contribution < 1.29 is 0 Å². The van der Waals surface area contributed by atoms with E-state index >= 15 is 0 Å². The number of rotatable bonds is 3. The molecule has 0 aliphatic rings. The van der Waals surface area contributed by atoms with Gasteiger partial charge in [0.2, 0.25) is 4.96 Å². The van der Waals surface area contributed by atoms with Crippen molar-refractivity contribution in [2.24, 2.45) is 0 Å². The van der Waals surface area contributed by atoms with E-state index in [9.17, 15) is 9.59 Å². The molecule has 0 spiro atoms. The molecule has 0 saturated heterocycles. The highest BCUT2D eigenvalue weighted by atomic mass is 79.9. The lowest BCUT2D eigenvalue weighted by Crippen LogP contribution is -2.28. The Morgan fingerprint density at radius 3 is 2.50 bits per heavy atom. The van der Waals surface area contributed by atoms with Gasteiger partial charge < -0.3 is 0 Å². The zero-order chi connectivity index (χ0) is 18.1. The van der Waals surface area contributed by atoms with Gasteiger partial charge in [-0.1, -0.05) is 69.7 Å². The minimum absolute atomic E-state index is 0.263. The third kappa shape index (κ3) is 3.36. The topological polar surface area (TPSA) is 64.3 Å². The Kier molecular flexibility index (Phi) is 4.48. The summed E-state index contributed by atoms with van der Waals surface area (Å²) in [6.07, 6.45) is 2.12. The second-order valence-corrected chi connectivity index (χ2v) is 7.61. The highest BCUT2D eigenvalue weighted by Crippen LogP contribution is 2.11. The number of fused-ring (bicyclic) bond motifs is 1. The lowest BCUT2D eigenvalue weighted by molar-refractivity contribution is 0.811. The molecule has 2 heterocycles. The second kappa shape index (κ2) is 6.93. The fourth-order valence-electron chi connectivity index (χ4n) is 2.55. The van der Waals surface area contributed by atoms with Crippen LogP contribution in [0.2, 0.25) is 0 Å². The molecule has 0 amide bonds. The molecule has 0 bridgehead atoms. The Labute approximate surface area is 160 Å². The van der Waals surface area contributed by atoms with Gasteiger partial charge in [0.25, 0.3) is 11.1 Å². The van der Waals surface area contributed by atoms with Gasteiger partial charge in [0, 0.05) is 10.9 Å². The maximum atomic E-state index is 12.6. The number of thiazole rings is 1. The average Bonchev–Trinajstić information content (AvgIpc) is 2.93. The van der Waals surface area contributed by atoms with Gasteiger partial charge in [0.1, 0.15) is 5.69 Å². The van der Waals surface area contributed by atoms with Gasteiger partial charge in [-0.25, -0.2) is 0 Å². The number of hydrogen-bond acceptors (Lipinski definition) is 5. The minimum atomic E-state index is -0.398. The van der Waals surface area contributed by atoms with Crippen LogP contribution >= 0.6 is 27.3 Å². The van der Waals surface area contributed by atoms with Crippen LogP contribution in [0.15, 0.2) is 68.7 Å². The molecular formula is C19H12BrN3O2S. The van der Waals surface area contributed by atoms with Gasteiger partial charge in [-0.3, -0.25) is 9.59 Å². The highest BCUT2D eigenvalue weighted by molar-refractivity contribution is 9.10. The molecule has 0 fully saturated rings. The van der Waals surface area contributed by atoms with Crippen LogP contribution in [0.4, 0.5) is 0 Å². The molecular weight excluding hydrogens is 414 g/mol. The molecule has 0 N–H and O–H groups in total. The molecule has 4 aromatic rings. The summed E-state index contributed by atoms with van der Waals surface area (Å²) >= 11 is 4.55. The molecule has 0 saturated carbocycles. The van der Waals surface area contributed by atoms with Crippen LogP contribution < -0.4 is 15.7 Å².